The number of hydrogen-bond acceptors (Lipinski definition) is 3. The Hall–Kier alpha value is -2.60. The number of aromatic amines is 1. The molecule has 1 fully saturated rings. The highest BCUT2D eigenvalue weighted by atomic mass is 16.2. The van der Waals surface area contributed by atoms with Crippen molar-refractivity contribution in [2.75, 3.05) is 6.54 Å². The highest BCUT2D eigenvalue weighted by molar-refractivity contribution is 6.10. The van der Waals surface area contributed by atoms with Crippen LogP contribution in [-0.2, 0) is 4.79 Å². The van der Waals surface area contributed by atoms with Crippen LogP contribution in [0.4, 0.5) is 0 Å². The summed E-state index contributed by atoms with van der Waals surface area (Å²) in [6, 6.07) is 8.25. The van der Waals surface area contributed by atoms with E-state index in [0.29, 0.717) is 18.7 Å². The minimum absolute atomic E-state index is 0.0916. The molecule has 0 atom stereocenters. The Bertz CT molecular complexity index is 875. The third-order valence-corrected chi connectivity index (χ3v) is 5.36. The van der Waals surface area contributed by atoms with Gasteiger partial charge in [-0.15, -0.1) is 0 Å². The number of nitrogens with two attached hydrogens (primary N) is 1. The summed E-state index contributed by atoms with van der Waals surface area (Å²) in [5.41, 5.74) is 9.11. The fraction of sp³-hybridized carbons (Fsp3) is 0.400. The summed E-state index contributed by atoms with van der Waals surface area (Å²) in [5.74, 6) is -0.215. The summed E-state index contributed by atoms with van der Waals surface area (Å²) in [4.78, 5) is 28.2. The van der Waals surface area contributed by atoms with E-state index in [2.05, 4.69) is 15.6 Å². The second-order valence-electron chi connectivity index (χ2n) is 7.22. The molecule has 4 rings (SSSR count). The van der Waals surface area contributed by atoms with Gasteiger partial charge in [0.25, 0.3) is 5.91 Å². The number of para-hydroxylation sites is 1. The van der Waals surface area contributed by atoms with E-state index in [0.717, 1.165) is 47.7 Å². The van der Waals surface area contributed by atoms with Gasteiger partial charge in [-0.1, -0.05) is 18.2 Å². The molecule has 1 aliphatic heterocycles. The highest BCUT2D eigenvalue weighted by Crippen LogP contribution is 2.32. The molecule has 1 aromatic heterocycles. The van der Waals surface area contributed by atoms with E-state index in [1.54, 1.807) is 6.08 Å². The Labute approximate surface area is 152 Å². The Balaban J connectivity index is 1.64. The van der Waals surface area contributed by atoms with Gasteiger partial charge in [0.15, 0.2) is 0 Å². The van der Waals surface area contributed by atoms with Crippen molar-refractivity contribution in [3.05, 3.63) is 41.6 Å². The average molecular weight is 352 g/mol. The molecule has 2 aliphatic rings. The summed E-state index contributed by atoms with van der Waals surface area (Å²) >= 11 is 0. The predicted molar refractivity (Wildman–Crippen MR) is 102 cm³/mol. The van der Waals surface area contributed by atoms with Crippen LogP contribution in [0.25, 0.3) is 16.5 Å². The van der Waals surface area contributed by atoms with Gasteiger partial charge in [-0.2, -0.15) is 0 Å². The Morgan fingerprint density at radius 2 is 1.96 bits per heavy atom. The Morgan fingerprint density at radius 3 is 2.77 bits per heavy atom. The molecule has 2 aromatic rings. The molecular formula is C20H24N4O2. The number of amides is 2. The van der Waals surface area contributed by atoms with E-state index >= 15 is 0 Å². The van der Waals surface area contributed by atoms with E-state index in [-0.39, 0.29) is 23.9 Å². The van der Waals surface area contributed by atoms with Crippen LogP contribution in [0, 0.1) is 0 Å². The maximum atomic E-state index is 12.6. The van der Waals surface area contributed by atoms with Gasteiger partial charge in [0.1, 0.15) is 5.69 Å². The summed E-state index contributed by atoms with van der Waals surface area (Å²) in [7, 11) is 0. The monoisotopic (exact) mass is 352 g/mol. The second kappa shape index (κ2) is 6.96. The highest BCUT2D eigenvalue weighted by Gasteiger charge is 2.25. The van der Waals surface area contributed by atoms with E-state index in [9.17, 15) is 9.59 Å². The third kappa shape index (κ3) is 3.24. The molecule has 2 amide bonds. The van der Waals surface area contributed by atoms with Crippen LogP contribution >= 0.6 is 0 Å². The normalized spacial score (nSPS) is 24.8. The molecule has 0 unspecified atom stereocenters. The zero-order valence-corrected chi connectivity index (χ0v) is 14.7. The fourth-order valence-corrected chi connectivity index (χ4v) is 3.98. The van der Waals surface area contributed by atoms with Gasteiger partial charge in [-0.3, -0.25) is 9.59 Å². The van der Waals surface area contributed by atoms with Crippen molar-refractivity contribution in [3.8, 4) is 0 Å². The Kier molecular flexibility index (Phi) is 4.51. The summed E-state index contributed by atoms with van der Waals surface area (Å²) in [6.45, 7) is 0.521. The lowest BCUT2D eigenvalue weighted by Gasteiger charge is -2.26. The van der Waals surface area contributed by atoms with Crippen molar-refractivity contribution in [1.29, 1.82) is 0 Å². The molecule has 0 spiro atoms. The Morgan fingerprint density at radius 1 is 1.19 bits per heavy atom. The van der Waals surface area contributed by atoms with E-state index < -0.39 is 0 Å². The molecule has 1 aliphatic carbocycles. The molecule has 1 aromatic carbocycles. The number of carbonyl (C=O) groups is 2. The maximum Gasteiger partial charge on any atom is 0.268 e. The summed E-state index contributed by atoms with van der Waals surface area (Å²) in [5, 5.41) is 6.97. The topological polar surface area (TPSA) is 100 Å². The first-order chi connectivity index (χ1) is 12.6. The smallest absolute Gasteiger partial charge is 0.268 e. The maximum absolute atomic E-state index is 12.6. The quantitative estimate of drug-likeness (QED) is 0.623. The average Bonchev–Trinajstić information content (AvgIpc) is 2.95. The lowest BCUT2D eigenvalue weighted by atomic mass is 9.91. The van der Waals surface area contributed by atoms with Gasteiger partial charge < -0.3 is 21.4 Å². The molecule has 0 saturated heterocycles. The van der Waals surface area contributed by atoms with Crippen molar-refractivity contribution < 1.29 is 9.59 Å². The van der Waals surface area contributed by atoms with Crippen molar-refractivity contribution in [2.45, 2.75) is 44.2 Å². The zero-order chi connectivity index (χ0) is 18.1. The van der Waals surface area contributed by atoms with Crippen molar-refractivity contribution in [2.24, 2.45) is 5.73 Å². The number of H-pyrrole nitrogens is 1. The van der Waals surface area contributed by atoms with Gasteiger partial charge in [0.05, 0.1) is 0 Å². The zero-order valence-electron chi connectivity index (χ0n) is 14.7. The van der Waals surface area contributed by atoms with Crippen LogP contribution in [0.15, 0.2) is 30.3 Å². The number of rotatable bonds is 2. The van der Waals surface area contributed by atoms with Crippen LogP contribution in [0.2, 0.25) is 0 Å². The van der Waals surface area contributed by atoms with E-state index in [4.69, 9.17) is 5.73 Å². The minimum atomic E-state index is -0.124. The van der Waals surface area contributed by atoms with E-state index in [1.165, 1.54) is 0 Å². The van der Waals surface area contributed by atoms with Crippen LogP contribution in [-0.4, -0.2) is 35.4 Å². The SMILES string of the molecule is NC1CCC(NC(=O)/C=C2\CCNC(=O)c3[nH]c4ccccc4c32)CC1. The first-order valence-corrected chi connectivity index (χ1v) is 9.28. The second-order valence-corrected chi connectivity index (χ2v) is 7.22. The van der Waals surface area contributed by atoms with Crippen molar-refractivity contribution in [3.63, 3.8) is 0 Å². The minimum Gasteiger partial charge on any atom is -0.350 e. The van der Waals surface area contributed by atoms with Gasteiger partial charge in [-0.05, 0) is 43.7 Å². The third-order valence-electron chi connectivity index (χ3n) is 5.36. The number of nitrogens with one attached hydrogen (secondary N) is 3. The molecular weight excluding hydrogens is 328 g/mol. The molecule has 0 radical (unpaired) electrons. The fourth-order valence-electron chi connectivity index (χ4n) is 3.98. The lowest BCUT2D eigenvalue weighted by molar-refractivity contribution is -0.117. The number of fused-ring (bicyclic) bond motifs is 3. The molecule has 1 saturated carbocycles. The lowest BCUT2D eigenvalue weighted by Crippen LogP contribution is -2.39. The predicted octanol–water partition coefficient (Wildman–Crippen LogP) is 2.07. The number of benzene rings is 1. The van der Waals surface area contributed by atoms with Crippen LogP contribution in [0.5, 0.6) is 0 Å². The number of hydrogen-bond donors (Lipinski definition) is 4. The van der Waals surface area contributed by atoms with Crippen LogP contribution in [0.3, 0.4) is 0 Å². The molecule has 26 heavy (non-hydrogen) atoms. The molecule has 136 valence electrons. The van der Waals surface area contributed by atoms with Gasteiger partial charge in [0.2, 0.25) is 5.91 Å². The number of carbonyl (C=O) groups excluding carboxylic acids is 2. The molecule has 6 heteroatoms. The van der Waals surface area contributed by atoms with Gasteiger partial charge in [0, 0.05) is 41.2 Å². The molecule has 5 N–H and O–H groups in total. The molecule has 6 nitrogen and oxygen atoms in total. The van der Waals surface area contributed by atoms with Crippen LogP contribution in [0.1, 0.15) is 48.2 Å². The van der Waals surface area contributed by atoms with Gasteiger partial charge >= 0.3 is 0 Å². The summed E-state index contributed by atoms with van der Waals surface area (Å²) < 4.78 is 0. The van der Waals surface area contributed by atoms with Crippen LogP contribution < -0.4 is 16.4 Å². The standard InChI is InChI=1S/C20H24N4O2/c21-13-5-7-14(8-6-13)23-17(25)11-12-9-10-22-20(26)19-18(12)15-3-1-2-4-16(15)24-19/h1-4,11,13-14,24H,5-10,21H2,(H,22,26)(H,23,25)/b12-11+. The van der Waals surface area contributed by atoms with Crippen molar-refractivity contribution >= 4 is 28.3 Å². The summed E-state index contributed by atoms with van der Waals surface area (Å²) in [6.07, 6.45) is 6.04. The van der Waals surface area contributed by atoms with E-state index in [1.807, 2.05) is 24.3 Å². The molecule has 0 bridgehead atoms. The van der Waals surface area contributed by atoms with Gasteiger partial charge in [-0.25, -0.2) is 0 Å². The van der Waals surface area contributed by atoms with Crippen molar-refractivity contribution in [1.82, 2.24) is 15.6 Å². The first-order valence-electron chi connectivity index (χ1n) is 9.28. The largest absolute Gasteiger partial charge is 0.350 e. The first kappa shape index (κ1) is 16.8. The molecule has 2 heterocycles. The number of aromatic nitrogens is 1.